The van der Waals surface area contributed by atoms with Crippen LogP contribution >= 0.6 is 22.6 Å². The van der Waals surface area contributed by atoms with Crippen LogP contribution in [0.3, 0.4) is 0 Å². The third kappa shape index (κ3) is 2.07. The van der Waals surface area contributed by atoms with E-state index in [1.165, 1.54) is 0 Å². The van der Waals surface area contributed by atoms with E-state index in [0.29, 0.717) is 3.57 Å². The number of nitrogen functional groups attached to an aromatic ring is 1. The van der Waals surface area contributed by atoms with Gasteiger partial charge in [0.25, 0.3) is 5.69 Å². The molecule has 0 aliphatic heterocycles. The van der Waals surface area contributed by atoms with E-state index in [2.05, 4.69) is 5.16 Å². The van der Waals surface area contributed by atoms with Gasteiger partial charge in [-0.15, -0.1) is 0 Å². The first-order valence-corrected chi connectivity index (χ1v) is 5.43. The summed E-state index contributed by atoms with van der Waals surface area (Å²) in [7, 11) is 0. The van der Waals surface area contributed by atoms with Crippen molar-refractivity contribution in [1.29, 1.82) is 0 Å². The number of hydrogen-bond acceptors (Lipinski definition) is 5. The molecule has 2 aromatic rings. The zero-order chi connectivity index (χ0) is 12.6. The summed E-state index contributed by atoms with van der Waals surface area (Å²) in [6.45, 7) is 0. The number of anilines is 1. The van der Waals surface area contributed by atoms with Crippen LogP contribution in [-0.4, -0.2) is 10.1 Å². The lowest BCUT2D eigenvalue weighted by Crippen LogP contribution is -1.93. The molecule has 0 radical (unpaired) electrons. The fourth-order valence-electron chi connectivity index (χ4n) is 1.31. The van der Waals surface area contributed by atoms with Gasteiger partial charge in [0.15, 0.2) is 11.6 Å². The summed E-state index contributed by atoms with van der Waals surface area (Å²) in [6, 6.07) is 3.09. The summed E-state index contributed by atoms with van der Waals surface area (Å²) in [6.07, 6.45) is 0. The van der Waals surface area contributed by atoms with Gasteiger partial charge in [-0.1, -0.05) is 5.16 Å². The van der Waals surface area contributed by atoms with Crippen LogP contribution in [0.4, 0.5) is 15.9 Å². The predicted molar refractivity (Wildman–Crippen MR) is 65.7 cm³/mol. The summed E-state index contributed by atoms with van der Waals surface area (Å²) in [5, 5.41) is 14.3. The summed E-state index contributed by atoms with van der Waals surface area (Å²) in [4.78, 5) is 10.2. The summed E-state index contributed by atoms with van der Waals surface area (Å²) in [5.74, 6) is -0.398. The normalized spacial score (nSPS) is 10.5. The first-order valence-electron chi connectivity index (χ1n) is 4.35. The number of aromatic nitrogens is 1. The molecular formula is C9H5FIN3O3. The average Bonchev–Trinajstić information content (AvgIpc) is 2.59. The lowest BCUT2D eigenvalue weighted by Gasteiger charge is -1.99. The van der Waals surface area contributed by atoms with E-state index in [9.17, 15) is 14.5 Å². The molecule has 0 saturated carbocycles. The second kappa shape index (κ2) is 4.28. The van der Waals surface area contributed by atoms with Crippen molar-refractivity contribution in [3.05, 3.63) is 37.7 Å². The molecule has 0 unspecified atom stereocenters. The maximum absolute atomic E-state index is 13.1. The van der Waals surface area contributed by atoms with Crippen molar-refractivity contribution in [3.63, 3.8) is 0 Å². The highest BCUT2D eigenvalue weighted by atomic mass is 127. The average molecular weight is 349 g/mol. The highest BCUT2D eigenvalue weighted by Crippen LogP contribution is 2.35. The molecule has 0 spiro atoms. The van der Waals surface area contributed by atoms with Crippen LogP contribution in [0.15, 0.2) is 22.7 Å². The monoisotopic (exact) mass is 349 g/mol. The number of benzene rings is 1. The molecule has 0 fully saturated rings. The Balaban J connectivity index is 2.69. The van der Waals surface area contributed by atoms with Gasteiger partial charge in [0.1, 0.15) is 15.0 Å². The molecule has 2 N–H and O–H groups in total. The van der Waals surface area contributed by atoms with Gasteiger partial charge in [0.2, 0.25) is 0 Å². The van der Waals surface area contributed by atoms with Crippen LogP contribution in [0, 0.1) is 19.5 Å². The molecule has 0 bridgehead atoms. The molecule has 0 aliphatic carbocycles. The van der Waals surface area contributed by atoms with Crippen molar-refractivity contribution >= 4 is 34.1 Å². The van der Waals surface area contributed by atoms with Crippen molar-refractivity contribution in [2.24, 2.45) is 0 Å². The first-order chi connectivity index (χ1) is 8.00. The van der Waals surface area contributed by atoms with Crippen molar-refractivity contribution in [2.45, 2.75) is 0 Å². The third-order valence-electron chi connectivity index (χ3n) is 2.06. The van der Waals surface area contributed by atoms with Crippen LogP contribution in [-0.2, 0) is 0 Å². The van der Waals surface area contributed by atoms with Gasteiger partial charge < -0.3 is 10.3 Å². The maximum atomic E-state index is 13.1. The number of nitro benzene ring substituents is 1. The molecule has 1 aromatic carbocycles. The molecule has 6 nitrogen and oxygen atoms in total. The zero-order valence-corrected chi connectivity index (χ0v) is 10.3. The number of halogens is 2. The van der Waals surface area contributed by atoms with E-state index in [1.807, 2.05) is 22.6 Å². The maximum Gasteiger partial charge on any atom is 0.280 e. The van der Waals surface area contributed by atoms with Crippen LogP contribution in [0.5, 0.6) is 0 Å². The Morgan fingerprint density at radius 1 is 1.53 bits per heavy atom. The van der Waals surface area contributed by atoms with Crippen molar-refractivity contribution in [1.82, 2.24) is 5.16 Å². The van der Waals surface area contributed by atoms with E-state index in [4.69, 9.17) is 10.3 Å². The molecule has 1 heterocycles. The lowest BCUT2D eigenvalue weighted by atomic mass is 10.1. The van der Waals surface area contributed by atoms with Gasteiger partial charge in [-0.25, -0.2) is 4.39 Å². The third-order valence-corrected chi connectivity index (χ3v) is 3.10. The molecule has 88 valence electrons. The van der Waals surface area contributed by atoms with E-state index in [-0.39, 0.29) is 22.8 Å². The Morgan fingerprint density at radius 3 is 2.76 bits per heavy atom. The fourth-order valence-corrected chi connectivity index (χ4v) is 1.80. The van der Waals surface area contributed by atoms with E-state index >= 15 is 0 Å². The first kappa shape index (κ1) is 11.8. The van der Waals surface area contributed by atoms with Crippen molar-refractivity contribution < 1.29 is 13.8 Å². The van der Waals surface area contributed by atoms with E-state index < -0.39 is 10.7 Å². The van der Waals surface area contributed by atoms with Gasteiger partial charge in [0.05, 0.1) is 4.92 Å². The second-order valence-electron chi connectivity index (χ2n) is 3.13. The highest BCUT2D eigenvalue weighted by molar-refractivity contribution is 14.1. The van der Waals surface area contributed by atoms with Crippen LogP contribution in [0.1, 0.15) is 0 Å². The van der Waals surface area contributed by atoms with Gasteiger partial charge in [-0.05, 0) is 34.7 Å². The van der Waals surface area contributed by atoms with Crippen LogP contribution in [0.25, 0.3) is 11.3 Å². The minimum atomic E-state index is -0.621. The Kier molecular flexibility index (Phi) is 2.96. The Bertz CT molecular complexity index is 599. The van der Waals surface area contributed by atoms with E-state index in [0.717, 1.165) is 18.2 Å². The molecule has 2 rings (SSSR count). The molecule has 0 atom stereocenters. The Hall–Kier alpha value is -1.71. The number of rotatable bonds is 2. The fraction of sp³-hybridized carbons (Fsp3) is 0. The number of nitro groups is 1. The molecule has 1 aromatic heterocycles. The SMILES string of the molecule is Nc1noc(-c2cc(F)ccc2[N+](=O)[O-])c1I. The zero-order valence-electron chi connectivity index (χ0n) is 8.18. The summed E-state index contributed by atoms with van der Waals surface area (Å²) in [5.41, 5.74) is 5.22. The van der Waals surface area contributed by atoms with Crippen molar-refractivity contribution in [3.8, 4) is 11.3 Å². The molecule has 0 amide bonds. The smallest absolute Gasteiger partial charge is 0.280 e. The van der Waals surface area contributed by atoms with Gasteiger partial charge in [-0.3, -0.25) is 10.1 Å². The van der Waals surface area contributed by atoms with E-state index in [1.54, 1.807) is 0 Å². The number of nitrogens with two attached hydrogens (primary N) is 1. The minimum Gasteiger partial charge on any atom is -0.380 e. The number of hydrogen-bond donors (Lipinski definition) is 1. The summed E-state index contributed by atoms with van der Waals surface area (Å²) >= 11 is 1.83. The topological polar surface area (TPSA) is 95.2 Å². The number of nitrogens with zero attached hydrogens (tertiary/aromatic N) is 2. The van der Waals surface area contributed by atoms with Crippen LogP contribution < -0.4 is 5.73 Å². The second-order valence-corrected chi connectivity index (χ2v) is 4.21. The van der Waals surface area contributed by atoms with Gasteiger partial charge >= 0.3 is 0 Å². The summed E-state index contributed by atoms with van der Waals surface area (Å²) < 4.78 is 18.4. The molecule has 0 saturated heterocycles. The lowest BCUT2D eigenvalue weighted by molar-refractivity contribution is -0.384. The molecule has 8 heteroatoms. The standard InChI is InChI=1S/C9H5FIN3O3/c10-4-1-2-6(14(15)16)5(3-4)8-7(11)9(12)13-17-8/h1-3H,(H2,12,13). The largest absolute Gasteiger partial charge is 0.380 e. The quantitative estimate of drug-likeness (QED) is 0.511. The van der Waals surface area contributed by atoms with Gasteiger partial charge in [-0.2, -0.15) is 0 Å². The molecular weight excluding hydrogens is 344 g/mol. The predicted octanol–water partition coefficient (Wildman–Crippen LogP) is 2.58. The molecule has 0 aliphatic rings. The Morgan fingerprint density at radius 2 is 2.24 bits per heavy atom. The van der Waals surface area contributed by atoms with Gasteiger partial charge in [0, 0.05) is 6.07 Å². The molecule has 17 heavy (non-hydrogen) atoms. The minimum absolute atomic E-state index is 0.0172. The highest BCUT2D eigenvalue weighted by Gasteiger charge is 2.23. The van der Waals surface area contributed by atoms with Crippen LogP contribution in [0.2, 0.25) is 0 Å². The van der Waals surface area contributed by atoms with Crippen molar-refractivity contribution in [2.75, 3.05) is 5.73 Å². The Labute approximate surface area is 108 Å².